The van der Waals surface area contributed by atoms with Crippen LogP contribution < -0.4 is 16.0 Å². The van der Waals surface area contributed by atoms with E-state index in [9.17, 15) is 4.79 Å². The quantitative estimate of drug-likeness (QED) is 0.472. The molecule has 0 bridgehead atoms. The van der Waals surface area contributed by atoms with Crippen LogP contribution in [0.1, 0.15) is 44.6 Å². The molecule has 0 aliphatic carbocycles. The van der Waals surface area contributed by atoms with Crippen molar-refractivity contribution in [2.45, 2.75) is 48.1 Å². The maximum atomic E-state index is 12.2. The molecule has 2 aromatic rings. The van der Waals surface area contributed by atoms with Gasteiger partial charge in [-0.2, -0.15) is 5.10 Å². The minimum atomic E-state index is -0.534. The van der Waals surface area contributed by atoms with Gasteiger partial charge < -0.3 is 16.0 Å². The molecule has 3 N–H and O–H groups in total. The third-order valence-corrected chi connectivity index (χ3v) is 4.63. The van der Waals surface area contributed by atoms with Crippen LogP contribution in [0, 0.1) is 19.3 Å². The maximum Gasteiger partial charge on any atom is 0.227 e. The Bertz CT molecular complexity index is 853. The lowest BCUT2D eigenvalue weighted by atomic mass is 9.92. The zero-order chi connectivity index (χ0) is 21.4. The summed E-state index contributed by atoms with van der Waals surface area (Å²) in [5.74, 6) is 0.714. The highest BCUT2D eigenvalue weighted by Gasteiger charge is 2.27. The second-order valence-corrected chi connectivity index (χ2v) is 7.76. The molecule has 7 nitrogen and oxygen atoms in total. The molecule has 0 fully saturated rings. The van der Waals surface area contributed by atoms with E-state index in [0.717, 1.165) is 29.2 Å². The molecule has 1 amide bonds. The van der Waals surface area contributed by atoms with Crippen molar-refractivity contribution in [2.24, 2.45) is 10.4 Å². The molecule has 2 rings (SSSR count). The average Bonchev–Trinajstić information content (AvgIpc) is 3.02. The summed E-state index contributed by atoms with van der Waals surface area (Å²) in [5.41, 5.74) is 3.66. The number of amides is 1. The van der Waals surface area contributed by atoms with Crippen LogP contribution in [0.5, 0.6) is 0 Å². The second-order valence-electron chi connectivity index (χ2n) is 7.76. The second kappa shape index (κ2) is 10.1. The highest BCUT2D eigenvalue weighted by molar-refractivity contribution is 5.84. The standard InChI is InChI=1S/C22H34N6O/c1-7-23-20(29)22(5,6)15-26-21(24-8-2)25-14-18-11-9-10-12-19(18)28-17(4)13-16(3)27-28/h9-13H,7-8,14-15H2,1-6H3,(H,23,29)(H2,24,25,26). The van der Waals surface area contributed by atoms with Gasteiger partial charge in [-0.3, -0.25) is 4.79 Å². The topological polar surface area (TPSA) is 83.3 Å². The highest BCUT2D eigenvalue weighted by Crippen LogP contribution is 2.18. The van der Waals surface area contributed by atoms with Gasteiger partial charge in [0.25, 0.3) is 0 Å². The summed E-state index contributed by atoms with van der Waals surface area (Å²) in [5, 5.41) is 14.0. The van der Waals surface area contributed by atoms with E-state index in [-0.39, 0.29) is 5.91 Å². The number of aromatic nitrogens is 2. The summed E-state index contributed by atoms with van der Waals surface area (Å²) in [7, 11) is 0. The van der Waals surface area contributed by atoms with E-state index in [1.54, 1.807) is 0 Å². The number of carbonyl (C=O) groups excluding carboxylic acids is 1. The molecule has 7 heteroatoms. The first-order valence-electron chi connectivity index (χ1n) is 10.2. The Labute approximate surface area is 174 Å². The van der Waals surface area contributed by atoms with E-state index in [4.69, 9.17) is 4.99 Å². The third kappa shape index (κ3) is 6.07. The summed E-state index contributed by atoms with van der Waals surface area (Å²) in [6, 6.07) is 10.2. The lowest BCUT2D eigenvalue weighted by Crippen LogP contribution is -2.47. The highest BCUT2D eigenvalue weighted by atomic mass is 16.2. The Balaban J connectivity index is 2.17. The Hall–Kier alpha value is -2.83. The van der Waals surface area contributed by atoms with Gasteiger partial charge >= 0.3 is 0 Å². The van der Waals surface area contributed by atoms with E-state index in [2.05, 4.69) is 46.2 Å². The van der Waals surface area contributed by atoms with E-state index in [1.165, 1.54) is 0 Å². The van der Waals surface area contributed by atoms with Gasteiger partial charge in [-0.15, -0.1) is 0 Å². The van der Waals surface area contributed by atoms with Crippen molar-refractivity contribution in [3.63, 3.8) is 0 Å². The number of aliphatic imine (C=N–C) groups is 1. The van der Waals surface area contributed by atoms with Crippen molar-refractivity contribution in [2.75, 3.05) is 19.6 Å². The minimum absolute atomic E-state index is 0.0261. The van der Waals surface area contributed by atoms with Crippen molar-refractivity contribution >= 4 is 11.9 Å². The Morgan fingerprint density at radius 2 is 1.79 bits per heavy atom. The Kier molecular flexibility index (Phi) is 7.82. The normalized spacial score (nSPS) is 12.0. The third-order valence-electron chi connectivity index (χ3n) is 4.63. The first kappa shape index (κ1) is 22.5. The zero-order valence-electron chi connectivity index (χ0n) is 18.5. The van der Waals surface area contributed by atoms with E-state index >= 15 is 0 Å². The van der Waals surface area contributed by atoms with E-state index < -0.39 is 5.41 Å². The number of guanidine groups is 1. The monoisotopic (exact) mass is 398 g/mol. The van der Waals surface area contributed by atoms with Crippen molar-refractivity contribution < 1.29 is 4.79 Å². The number of para-hydroxylation sites is 1. The number of nitrogens with zero attached hydrogens (tertiary/aromatic N) is 3. The average molecular weight is 399 g/mol. The smallest absolute Gasteiger partial charge is 0.227 e. The Morgan fingerprint density at radius 3 is 2.41 bits per heavy atom. The summed E-state index contributed by atoms with van der Waals surface area (Å²) in [6.07, 6.45) is 0. The fraction of sp³-hybridized carbons (Fsp3) is 0.500. The molecule has 0 radical (unpaired) electrons. The van der Waals surface area contributed by atoms with Crippen LogP contribution in [-0.4, -0.2) is 41.3 Å². The Morgan fingerprint density at radius 1 is 1.10 bits per heavy atom. The SMILES string of the molecule is CCNC(=O)C(C)(C)CNC(=NCc1ccccc1-n1nc(C)cc1C)NCC. The summed E-state index contributed by atoms with van der Waals surface area (Å²) >= 11 is 0. The van der Waals surface area contributed by atoms with Crippen molar-refractivity contribution in [3.8, 4) is 5.69 Å². The molecule has 1 aromatic heterocycles. The maximum absolute atomic E-state index is 12.2. The minimum Gasteiger partial charge on any atom is -0.357 e. The van der Waals surface area contributed by atoms with Crippen LogP contribution in [0.2, 0.25) is 0 Å². The lowest BCUT2D eigenvalue weighted by Gasteiger charge is -2.25. The van der Waals surface area contributed by atoms with Crippen LogP contribution in [0.3, 0.4) is 0 Å². The van der Waals surface area contributed by atoms with Gasteiger partial charge in [-0.05, 0) is 59.2 Å². The molecule has 0 unspecified atom stereocenters. The molecule has 1 aromatic carbocycles. The number of hydrogen-bond acceptors (Lipinski definition) is 3. The van der Waals surface area contributed by atoms with Gasteiger partial charge in [-0.1, -0.05) is 18.2 Å². The number of hydrogen-bond donors (Lipinski definition) is 3. The van der Waals surface area contributed by atoms with E-state index in [1.807, 2.05) is 51.4 Å². The van der Waals surface area contributed by atoms with E-state index in [0.29, 0.717) is 25.6 Å². The molecule has 0 aliphatic rings. The molecule has 1 heterocycles. The van der Waals surface area contributed by atoms with Gasteiger partial charge in [0.2, 0.25) is 5.91 Å². The van der Waals surface area contributed by atoms with Crippen molar-refractivity contribution in [1.82, 2.24) is 25.7 Å². The van der Waals surface area contributed by atoms with Gasteiger partial charge in [0.05, 0.1) is 23.3 Å². The van der Waals surface area contributed by atoms with Gasteiger partial charge in [0.15, 0.2) is 5.96 Å². The van der Waals surface area contributed by atoms with Crippen LogP contribution in [0.4, 0.5) is 0 Å². The molecular weight excluding hydrogens is 364 g/mol. The summed E-state index contributed by atoms with van der Waals surface area (Å²) in [6.45, 7) is 14.2. The molecular formula is C22H34N6O. The molecule has 29 heavy (non-hydrogen) atoms. The van der Waals surface area contributed by atoms with Gasteiger partial charge in [0, 0.05) is 25.3 Å². The number of nitrogens with one attached hydrogen (secondary N) is 3. The zero-order valence-corrected chi connectivity index (χ0v) is 18.5. The molecule has 158 valence electrons. The fourth-order valence-corrected chi connectivity index (χ4v) is 3.01. The number of aryl methyl sites for hydroxylation is 2. The van der Waals surface area contributed by atoms with Crippen LogP contribution in [0.15, 0.2) is 35.3 Å². The van der Waals surface area contributed by atoms with Crippen molar-refractivity contribution in [1.29, 1.82) is 0 Å². The largest absolute Gasteiger partial charge is 0.357 e. The predicted octanol–water partition coefficient (Wildman–Crippen LogP) is 2.71. The van der Waals surface area contributed by atoms with Crippen LogP contribution in [-0.2, 0) is 11.3 Å². The number of rotatable bonds is 8. The summed E-state index contributed by atoms with van der Waals surface area (Å²) < 4.78 is 1.96. The van der Waals surface area contributed by atoms with Gasteiger partial charge in [0.1, 0.15) is 0 Å². The number of benzene rings is 1. The molecule has 0 saturated heterocycles. The number of carbonyl (C=O) groups is 1. The lowest BCUT2D eigenvalue weighted by molar-refractivity contribution is -0.128. The molecule has 0 aliphatic heterocycles. The predicted molar refractivity (Wildman–Crippen MR) is 118 cm³/mol. The first-order valence-corrected chi connectivity index (χ1v) is 10.2. The first-order chi connectivity index (χ1) is 13.8. The van der Waals surface area contributed by atoms with Crippen molar-refractivity contribution in [3.05, 3.63) is 47.3 Å². The summed E-state index contributed by atoms with van der Waals surface area (Å²) in [4.78, 5) is 17.0. The molecule has 0 atom stereocenters. The van der Waals surface area contributed by atoms with Crippen LogP contribution >= 0.6 is 0 Å². The van der Waals surface area contributed by atoms with Crippen LogP contribution in [0.25, 0.3) is 5.69 Å². The fourth-order valence-electron chi connectivity index (χ4n) is 3.01. The molecule has 0 spiro atoms. The molecule has 0 saturated carbocycles. The van der Waals surface area contributed by atoms with Gasteiger partial charge in [-0.25, -0.2) is 9.67 Å².